The zero-order chi connectivity index (χ0) is 20.2. The second kappa shape index (κ2) is 8.15. The number of carbonyl (C=O) groups is 1. The van der Waals surface area contributed by atoms with Gasteiger partial charge < -0.3 is 4.74 Å². The summed E-state index contributed by atoms with van der Waals surface area (Å²) in [7, 11) is 1.54. The molecule has 3 aromatic heterocycles. The number of ether oxygens (including phenoxy) is 1. The summed E-state index contributed by atoms with van der Waals surface area (Å²) in [5.41, 5.74) is 2.52. The molecule has 29 heavy (non-hydrogen) atoms. The number of anilines is 1. The fourth-order valence-electron chi connectivity index (χ4n) is 2.74. The molecular weight excluding hydrogens is 391 g/mol. The third-order valence-corrected chi connectivity index (χ3v) is 4.83. The van der Waals surface area contributed by atoms with Crippen LogP contribution in [0.1, 0.15) is 10.4 Å². The highest BCUT2D eigenvalue weighted by Crippen LogP contribution is 2.27. The number of rotatable bonds is 5. The van der Waals surface area contributed by atoms with Crippen LogP contribution in [-0.4, -0.2) is 28.0 Å². The number of amides is 1. The van der Waals surface area contributed by atoms with Crippen LogP contribution in [-0.2, 0) is 0 Å². The van der Waals surface area contributed by atoms with E-state index in [0.29, 0.717) is 39.2 Å². The van der Waals surface area contributed by atoms with Gasteiger partial charge in [0, 0.05) is 23.2 Å². The first-order valence-corrected chi connectivity index (χ1v) is 9.51. The molecular formula is C21H15FN4O2S. The van der Waals surface area contributed by atoms with Gasteiger partial charge in [-0.1, -0.05) is 18.2 Å². The topological polar surface area (TPSA) is 77.0 Å². The first kappa shape index (κ1) is 18.7. The number of pyridine rings is 2. The summed E-state index contributed by atoms with van der Waals surface area (Å²) in [5.74, 6) is -0.289. The second-order valence-corrected chi connectivity index (χ2v) is 6.83. The lowest BCUT2D eigenvalue weighted by molar-refractivity contribution is 0.102. The van der Waals surface area contributed by atoms with Gasteiger partial charge in [0.05, 0.1) is 24.1 Å². The molecule has 4 aromatic rings. The van der Waals surface area contributed by atoms with Crippen LogP contribution in [0.25, 0.3) is 22.6 Å². The van der Waals surface area contributed by atoms with Crippen LogP contribution < -0.4 is 10.1 Å². The number of hydrogen-bond donors (Lipinski definition) is 1. The standard InChI is InChI=1S/C21H15FN4O2S/c1-28-18-9-3-8-16(24-18)17-12-29-21(25-17)26-20(27)15-7-4-10-23-19(15)13-5-2-6-14(22)11-13/h2-12H,1H3,(H,25,26,27). The maximum Gasteiger partial charge on any atom is 0.259 e. The van der Waals surface area contributed by atoms with Crippen molar-refractivity contribution in [2.75, 3.05) is 12.4 Å². The number of thiazole rings is 1. The van der Waals surface area contributed by atoms with E-state index in [2.05, 4.69) is 20.3 Å². The van der Waals surface area contributed by atoms with Crippen LogP contribution in [0.15, 0.2) is 66.2 Å². The first-order chi connectivity index (χ1) is 14.1. The Labute approximate surface area is 170 Å². The average Bonchev–Trinajstić information content (AvgIpc) is 3.22. The minimum atomic E-state index is -0.394. The number of methoxy groups -OCH3 is 1. The smallest absolute Gasteiger partial charge is 0.259 e. The Morgan fingerprint density at radius 3 is 2.76 bits per heavy atom. The van der Waals surface area contributed by atoms with E-state index < -0.39 is 5.82 Å². The molecule has 144 valence electrons. The molecule has 6 nitrogen and oxygen atoms in total. The number of benzene rings is 1. The lowest BCUT2D eigenvalue weighted by Crippen LogP contribution is -2.13. The van der Waals surface area contributed by atoms with E-state index in [-0.39, 0.29) is 5.91 Å². The van der Waals surface area contributed by atoms with Gasteiger partial charge in [0.15, 0.2) is 5.13 Å². The SMILES string of the molecule is COc1cccc(-c2csc(NC(=O)c3cccnc3-c3cccc(F)c3)n2)n1. The van der Waals surface area contributed by atoms with Crippen molar-refractivity contribution in [1.82, 2.24) is 15.0 Å². The van der Waals surface area contributed by atoms with Gasteiger partial charge in [-0.15, -0.1) is 11.3 Å². The van der Waals surface area contributed by atoms with Gasteiger partial charge in [0.25, 0.3) is 5.91 Å². The summed E-state index contributed by atoms with van der Waals surface area (Å²) in [5, 5.41) is 5.00. The second-order valence-electron chi connectivity index (χ2n) is 5.97. The summed E-state index contributed by atoms with van der Waals surface area (Å²) in [6, 6.07) is 14.6. The van der Waals surface area contributed by atoms with E-state index >= 15 is 0 Å². The van der Waals surface area contributed by atoms with E-state index in [1.165, 1.54) is 23.5 Å². The number of hydrogen-bond acceptors (Lipinski definition) is 6. The van der Waals surface area contributed by atoms with Crippen LogP contribution in [0.5, 0.6) is 5.88 Å². The van der Waals surface area contributed by atoms with Crippen LogP contribution >= 0.6 is 11.3 Å². The first-order valence-electron chi connectivity index (χ1n) is 8.63. The molecule has 0 aliphatic carbocycles. The van der Waals surface area contributed by atoms with Gasteiger partial charge in [-0.25, -0.2) is 14.4 Å². The Hall–Kier alpha value is -3.65. The van der Waals surface area contributed by atoms with Crippen LogP contribution in [0.4, 0.5) is 9.52 Å². The summed E-state index contributed by atoms with van der Waals surface area (Å²) < 4.78 is 18.7. The molecule has 1 N–H and O–H groups in total. The van der Waals surface area contributed by atoms with Crippen molar-refractivity contribution in [2.24, 2.45) is 0 Å². The molecule has 0 saturated heterocycles. The molecule has 4 rings (SSSR count). The lowest BCUT2D eigenvalue weighted by Gasteiger charge is -2.08. The Morgan fingerprint density at radius 2 is 1.93 bits per heavy atom. The van der Waals surface area contributed by atoms with E-state index in [9.17, 15) is 9.18 Å². The molecule has 1 aromatic carbocycles. The maximum atomic E-state index is 13.6. The van der Waals surface area contributed by atoms with Gasteiger partial charge >= 0.3 is 0 Å². The van der Waals surface area contributed by atoms with Crippen molar-refractivity contribution in [3.63, 3.8) is 0 Å². The Bertz CT molecular complexity index is 1180. The third kappa shape index (κ3) is 4.12. The molecule has 0 aliphatic heterocycles. The predicted octanol–water partition coefficient (Wildman–Crippen LogP) is 4.67. The summed E-state index contributed by atoms with van der Waals surface area (Å²) >= 11 is 1.28. The van der Waals surface area contributed by atoms with Gasteiger partial charge in [-0.05, 0) is 30.3 Å². The summed E-state index contributed by atoms with van der Waals surface area (Å²) in [6.07, 6.45) is 1.56. The third-order valence-electron chi connectivity index (χ3n) is 4.07. The van der Waals surface area contributed by atoms with Crippen LogP contribution in [0, 0.1) is 5.82 Å². The lowest BCUT2D eigenvalue weighted by atomic mass is 10.1. The van der Waals surface area contributed by atoms with E-state index in [1.54, 1.807) is 49.0 Å². The maximum absolute atomic E-state index is 13.6. The van der Waals surface area contributed by atoms with Gasteiger partial charge in [-0.2, -0.15) is 0 Å². The molecule has 0 aliphatic rings. The predicted molar refractivity (Wildman–Crippen MR) is 109 cm³/mol. The molecule has 3 heterocycles. The molecule has 0 fully saturated rings. The minimum absolute atomic E-state index is 0.328. The summed E-state index contributed by atoms with van der Waals surface area (Å²) in [4.78, 5) is 25.8. The van der Waals surface area contributed by atoms with Gasteiger partial charge in [0.1, 0.15) is 11.5 Å². The molecule has 0 atom stereocenters. The number of halogens is 1. The quantitative estimate of drug-likeness (QED) is 0.521. The fourth-order valence-corrected chi connectivity index (χ4v) is 3.44. The number of nitrogens with one attached hydrogen (secondary N) is 1. The molecule has 1 amide bonds. The molecule has 8 heteroatoms. The number of aromatic nitrogens is 3. The summed E-state index contributed by atoms with van der Waals surface area (Å²) in [6.45, 7) is 0. The van der Waals surface area contributed by atoms with Crippen molar-refractivity contribution >= 4 is 22.4 Å². The normalized spacial score (nSPS) is 10.6. The highest BCUT2D eigenvalue weighted by atomic mass is 32.1. The number of nitrogens with zero attached hydrogens (tertiary/aromatic N) is 3. The van der Waals surface area contributed by atoms with Crippen molar-refractivity contribution in [3.8, 4) is 28.5 Å². The van der Waals surface area contributed by atoms with Crippen molar-refractivity contribution < 1.29 is 13.9 Å². The molecule has 0 saturated carbocycles. The molecule has 0 radical (unpaired) electrons. The Kier molecular flexibility index (Phi) is 5.26. The largest absolute Gasteiger partial charge is 0.481 e. The van der Waals surface area contributed by atoms with Gasteiger partial charge in [-0.3, -0.25) is 15.1 Å². The average molecular weight is 406 g/mol. The zero-order valence-corrected chi connectivity index (χ0v) is 16.1. The monoisotopic (exact) mass is 406 g/mol. The molecule has 0 unspecified atom stereocenters. The van der Waals surface area contributed by atoms with Crippen LogP contribution in [0.2, 0.25) is 0 Å². The van der Waals surface area contributed by atoms with Crippen molar-refractivity contribution in [1.29, 1.82) is 0 Å². The van der Waals surface area contributed by atoms with E-state index in [1.807, 2.05) is 12.1 Å². The van der Waals surface area contributed by atoms with E-state index in [4.69, 9.17) is 4.74 Å². The van der Waals surface area contributed by atoms with E-state index in [0.717, 1.165) is 0 Å². The molecule has 0 bridgehead atoms. The highest BCUT2D eigenvalue weighted by molar-refractivity contribution is 7.14. The number of carbonyl (C=O) groups excluding carboxylic acids is 1. The minimum Gasteiger partial charge on any atom is -0.481 e. The van der Waals surface area contributed by atoms with Crippen molar-refractivity contribution in [2.45, 2.75) is 0 Å². The van der Waals surface area contributed by atoms with Crippen molar-refractivity contribution in [3.05, 3.63) is 77.6 Å². The Balaban J connectivity index is 1.59. The molecule has 0 spiro atoms. The van der Waals surface area contributed by atoms with Gasteiger partial charge in [0.2, 0.25) is 5.88 Å². The van der Waals surface area contributed by atoms with Crippen LogP contribution in [0.3, 0.4) is 0 Å². The zero-order valence-electron chi connectivity index (χ0n) is 15.3. The Morgan fingerprint density at radius 1 is 1.07 bits per heavy atom. The fraction of sp³-hybridized carbons (Fsp3) is 0.0476. The highest BCUT2D eigenvalue weighted by Gasteiger charge is 2.16.